The van der Waals surface area contributed by atoms with E-state index in [4.69, 9.17) is 9.97 Å². The molecule has 0 unspecified atom stereocenters. The van der Waals surface area contributed by atoms with Gasteiger partial charge in [0.1, 0.15) is 0 Å². The third kappa shape index (κ3) is 4.54. The zero-order chi connectivity index (χ0) is 33.0. The fraction of sp³-hybridized carbons (Fsp3) is 0. The highest BCUT2D eigenvalue weighted by Crippen LogP contribution is 2.38. The Morgan fingerprint density at radius 1 is 0.340 bits per heavy atom. The van der Waals surface area contributed by atoms with E-state index in [0.29, 0.717) is 0 Å². The maximum Gasteiger partial charge on any atom is 0.0963 e. The highest BCUT2D eigenvalue weighted by molar-refractivity contribution is 6.12. The van der Waals surface area contributed by atoms with Gasteiger partial charge in [0.05, 0.1) is 44.7 Å². The first-order valence-corrected chi connectivity index (χ1v) is 16.9. The Morgan fingerprint density at radius 2 is 0.860 bits per heavy atom. The monoisotopic (exact) mass is 638 g/mol. The van der Waals surface area contributed by atoms with Crippen molar-refractivity contribution in [3.63, 3.8) is 0 Å². The Hall–Kier alpha value is -6.78. The summed E-state index contributed by atoms with van der Waals surface area (Å²) < 4.78 is 4.69. The van der Waals surface area contributed by atoms with Crippen molar-refractivity contribution in [2.75, 3.05) is 0 Å². The van der Waals surface area contributed by atoms with E-state index in [9.17, 15) is 0 Å². The van der Waals surface area contributed by atoms with E-state index in [1.165, 1.54) is 27.4 Å². The number of para-hydroxylation sites is 2. The number of nitrogens with zero attached hydrogens (tertiary/aromatic N) is 4. The van der Waals surface area contributed by atoms with Crippen LogP contribution in [0.3, 0.4) is 0 Å². The van der Waals surface area contributed by atoms with Gasteiger partial charge in [-0.1, -0.05) is 109 Å². The minimum Gasteiger partial charge on any atom is -0.309 e. The third-order valence-corrected chi connectivity index (χ3v) is 9.75. The average molecular weight is 639 g/mol. The average Bonchev–Trinajstić information content (AvgIpc) is 3.71. The van der Waals surface area contributed by atoms with Crippen LogP contribution in [0.4, 0.5) is 0 Å². The van der Waals surface area contributed by atoms with Crippen molar-refractivity contribution in [2.45, 2.75) is 0 Å². The predicted octanol–water partition coefficient (Wildman–Crippen LogP) is 11.7. The number of hydrogen-bond acceptors (Lipinski definition) is 2. The van der Waals surface area contributed by atoms with Crippen LogP contribution in [-0.2, 0) is 0 Å². The fourth-order valence-electron chi connectivity index (χ4n) is 7.46. The molecule has 10 aromatic rings. The summed E-state index contributed by atoms with van der Waals surface area (Å²) in [5.74, 6) is 0. The number of fused-ring (bicyclic) bond motifs is 6. The molecule has 4 heterocycles. The number of aromatic nitrogens is 4. The molecular weight excluding hydrogens is 609 g/mol. The largest absolute Gasteiger partial charge is 0.309 e. The highest BCUT2D eigenvalue weighted by atomic mass is 15.0. The summed E-state index contributed by atoms with van der Waals surface area (Å²) in [4.78, 5) is 10.1. The van der Waals surface area contributed by atoms with Crippen LogP contribution < -0.4 is 0 Å². The zero-order valence-corrected chi connectivity index (χ0v) is 27.1. The lowest BCUT2D eigenvalue weighted by atomic mass is 10.0. The van der Waals surface area contributed by atoms with Crippen LogP contribution in [-0.4, -0.2) is 19.1 Å². The molecule has 4 heteroatoms. The molecule has 50 heavy (non-hydrogen) atoms. The van der Waals surface area contributed by atoms with Crippen LogP contribution in [0.1, 0.15) is 0 Å². The van der Waals surface area contributed by atoms with Gasteiger partial charge < -0.3 is 9.13 Å². The lowest BCUT2D eigenvalue weighted by Gasteiger charge is -2.13. The molecule has 0 saturated heterocycles. The van der Waals surface area contributed by atoms with Gasteiger partial charge >= 0.3 is 0 Å². The molecule has 0 N–H and O–H groups in total. The molecule has 10 rings (SSSR count). The summed E-state index contributed by atoms with van der Waals surface area (Å²) >= 11 is 0. The molecule has 4 nitrogen and oxygen atoms in total. The molecule has 0 bridgehead atoms. The van der Waals surface area contributed by atoms with E-state index in [1.807, 2.05) is 24.4 Å². The van der Waals surface area contributed by atoms with E-state index in [2.05, 4.69) is 167 Å². The van der Waals surface area contributed by atoms with E-state index in [-0.39, 0.29) is 0 Å². The van der Waals surface area contributed by atoms with E-state index in [0.717, 1.165) is 61.4 Å². The molecule has 0 spiro atoms. The highest BCUT2D eigenvalue weighted by Gasteiger charge is 2.18. The first-order chi connectivity index (χ1) is 24.8. The van der Waals surface area contributed by atoms with Crippen molar-refractivity contribution in [1.29, 1.82) is 0 Å². The molecule has 234 valence electrons. The van der Waals surface area contributed by atoms with Crippen molar-refractivity contribution in [3.05, 3.63) is 182 Å². The maximum absolute atomic E-state index is 5.13. The van der Waals surface area contributed by atoms with Crippen molar-refractivity contribution < 1.29 is 0 Å². The van der Waals surface area contributed by atoms with Gasteiger partial charge in [0.2, 0.25) is 0 Å². The maximum atomic E-state index is 5.13. The van der Waals surface area contributed by atoms with Crippen molar-refractivity contribution in [3.8, 4) is 45.0 Å². The number of rotatable bonds is 5. The van der Waals surface area contributed by atoms with Crippen molar-refractivity contribution >= 4 is 43.7 Å². The van der Waals surface area contributed by atoms with Crippen LogP contribution in [0.25, 0.3) is 88.8 Å². The Morgan fingerprint density at radius 3 is 1.54 bits per heavy atom. The Bertz CT molecular complexity index is 2790. The second-order valence-corrected chi connectivity index (χ2v) is 12.7. The molecule has 6 aromatic carbocycles. The van der Waals surface area contributed by atoms with Gasteiger partial charge in [-0.25, -0.2) is 4.98 Å². The second-order valence-electron chi connectivity index (χ2n) is 12.7. The molecule has 0 aliphatic heterocycles. The van der Waals surface area contributed by atoms with Crippen LogP contribution in [0.15, 0.2) is 182 Å². The summed E-state index contributed by atoms with van der Waals surface area (Å²) in [6, 6.07) is 62.3. The van der Waals surface area contributed by atoms with Crippen LogP contribution >= 0.6 is 0 Å². The Balaban J connectivity index is 1.17. The topological polar surface area (TPSA) is 35.6 Å². The van der Waals surface area contributed by atoms with Crippen molar-refractivity contribution in [1.82, 2.24) is 19.1 Å². The Labute approximate surface area is 289 Å². The summed E-state index contributed by atoms with van der Waals surface area (Å²) in [5.41, 5.74) is 14.1. The van der Waals surface area contributed by atoms with Gasteiger partial charge in [-0.15, -0.1) is 0 Å². The SMILES string of the molecule is c1ccc(-c2cc(-n3c4ccc(-c5ccc6c(c5)c5ccccc5n6-c5ccccc5)cc4c4ncccc43)cc(-c3ccccc3)n2)cc1. The lowest BCUT2D eigenvalue weighted by Crippen LogP contribution is -1.98. The summed E-state index contributed by atoms with van der Waals surface area (Å²) in [6.45, 7) is 0. The fourth-order valence-corrected chi connectivity index (χ4v) is 7.46. The van der Waals surface area contributed by atoms with E-state index < -0.39 is 0 Å². The molecule has 0 fully saturated rings. The molecule has 0 radical (unpaired) electrons. The van der Waals surface area contributed by atoms with E-state index in [1.54, 1.807) is 0 Å². The van der Waals surface area contributed by atoms with Gasteiger partial charge in [0, 0.05) is 39.2 Å². The molecule has 0 aliphatic carbocycles. The summed E-state index contributed by atoms with van der Waals surface area (Å²) in [5, 5.41) is 3.60. The first-order valence-electron chi connectivity index (χ1n) is 16.9. The summed E-state index contributed by atoms with van der Waals surface area (Å²) in [7, 11) is 0. The first kappa shape index (κ1) is 28.3. The van der Waals surface area contributed by atoms with Crippen LogP contribution in [0, 0.1) is 0 Å². The number of hydrogen-bond donors (Lipinski definition) is 0. The minimum atomic E-state index is 0.931. The normalized spacial score (nSPS) is 11.6. The number of benzene rings is 6. The third-order valence-electron chi connectivity index (χ3n) is 9.75. The lowest BCUT2D eigenvalue weighted by molar-refractivity contribution is 1.16. The Kier molecular flexibility index (Phi) is 6.46. The minimum absolute atomic E-state index is 0.931. The zero-order valence-electron chi connectivity index (χ0n) is 27.1. The van der Waals surface area contributed by atoms with Gasteiger partial charge in [0.15, 0.2) is 0 Å². The molecular formula is C46H30N4. The predicted molar refractivity (Wildman–Crippen MR) is 207 cm³/mol. The molecule has 0 atom stereocenters. The van der Waals surface area contributed by atoms with Crippen LogP contribution in [0.2, 0.25) is 0 Å². The molecule has 4 aromatic heterocycles. The summed E-state index contributed by atoms with van der Waals surface area (Å²) in [6.07, 6.45) is 1.89. The molecule has 0 aliphatic rings. The molecule has 0 amide bonds. The molecule has 0 saturated carbocycles. The van der Waals surface area contributed by atoms with Crippen molar-refractivity contribution in [2.24, 2.45) is 0 Å². The second kappa shape index (κ2) is 11.4. The van der Waals surface area contributed by atoms with Gasteiger partial charge in [-0.3, -0.25) is 4.98 Å². The standard InChI is InChI=1S/C46H30N4/c1-4-13-31(14-5-1)40-29-36(30-41(48-40)32-15-6-2-7-16-32)50-44-25-23-34(28-39(44)46-45(50)21-12-26-47-46)33-22-24-43-38(27-33)37-19-10-11-20-42(37)49(43)35-17-8-3-9-18-35/h1-30H. The van der Waals surface area contributed by atoms with E-state index >= 15 is 0 Å². The van der Waals surface area contributed by atoms with Crippen LogP contribution in [0.5, 0.6) is 0 Å². The quantitative estimate of drug-likeness (QED) is 0.188. The number of pyridine rings is 2. The van der Waals surface area contributed by atoms with Gasteiger partial charge in [-0.2, -0.15) is 0 Å². The smallest absolute Gasteiger partial charge is 0.0963 e. The van der Waals surface area contributed by atoms with Gasteiger partial charge in [-0.05, 0) is 77.9 Å². The van der Waals surface area contributed by atoms with Gasteiger partial charge in [0.25, 0.3) is 0 Å².